The molecule has 3 aliphatic heterocycles. The van der Waals surface area contributed by atoms with Crippen LogP contribution in [0.3, 0.4) is 0 Å². The molecule has 304 valence electrons. The molecule has 0 radical (unpaired) electrons. The van der Waals surface area contributed by atoms with E-state index in [4.69, 9.17) is 47.4 Å². The summed E-state index contributed by atoms with van der Waals surface area (Å²) in [5.74, 6) is 0. The number of hydrogen-bond donors (Lipinski definition) is 0. The van der Waals surface area contributed by atoms with Crippen molar-refractivity contribution in [3.63, 3.8) is 0 Å². The molecule has 0 N–H and O–H groups in total. The van der Waals surface area contributed by atoms with Gasteiger partial charge in [-0.25, -0.2) is 0 Å². The fourth-order valence-electron chi connectivity index (χ4n) is 7.69. The van der Waals surface area contributed by atoms with E-state index >= 15 is 0 Å². The van der Waals surface area contributed by atoms with Gasteiger partial charge in [0, 0.05) is 19.1 Å². The van der Waals surface area contributed by atoms with Crippen LogP contribution in [0.1, 0.15) is 40.5 Å². The monoisotopic (exact) mass is 788 g/mol. The predicted octanol–water partition coefficient (Wildman–Crippen LogP) is 7.95. The molecule has 1 unspecified atom stereocenters. The molecule has 10 nitrogen and oxygen atoms in total. The zero-order valence-electron chi connectivity index (χ0n) is 32.7. The van der Waals surface area contributed by atoms with Crippen molar-refractivity contribution in [2.24, 2.45) is 0 Å². The highest BCUT2D eigenvalue weighted by atomic mass is 16.8. The van der Waals surface area contributed by atoms with Crippen LogP contribution in [0.4, 0.5) is 0 Å². The molecular weight excluding hydrogens is 737 g/mol. The summed E-state index contributed by atoms with van der Waals surface area (Å²) in [7, 11) is 1.61. The van der Waals surface area contributed by atoms with Gasteiger partial charge in [0.1, 0.15) is 36.6 Å². The molecular formula is C48H52O10. The molecule has 5 aromatic carbocycles. The minimum Gasteiger partial charge on any atom is -0.374 e. The number of methoxy groups -OCH3 is 1. The number of fused-ring (bicyclic) bond motifs is 1. The molecule has 0 aliphatic carbocycles. The quantitative estimate of drug-likeness (QED) is 0.0925. The fourth-order valence-corrected chi connectivity index (χ4v) is 7.69. The summed E-state index contributed by atoms with van der Waals surface area (Å²) in [6.07, 6.45) is -5.66. The van der Waals surface area contributed by atoms with Crippen LogP contribution < -0.4 is 0 Å². The van der Waals surface area contributed by atoms with Gasteiger partial charge in [0.2, 0.25) is 0 Å². The maximum absolute atomic E-state index is 7.13. The van der Waals surface area contributed by atoms with E-state index in [0.29, 0.717) is 32.8 Å². The molecule has 0 amide bonds. The highest BCUT2D eigenvalue weighted by molar-refractivity contribution is 5.18. The van der Waals surface area contributed by atoms with Crippen molar-refractivity contribution >= 4 is 0 Å². The first-order chi connectivity index (χ1) is 28.7. The van der Waals surface area contributed by atoms with Crippen molar-refractivity contribution in [3.8, 4) is 0 Å². The summed E-state index contributed by atoms with van der Waals surface area (Å²) in [5.41, 5.74) is 5.07. The van der Waals surface area contributed by atoms with E-state index in [1.54, 1.807) is 7.11 Å². The summed E-state index contributed by atoms with van der Waals surface area (Å²) < 4.78 is 65.9. The summed E-state index contributed by atoms with van der Waals surface area (Å²) in [5, 5.41) is 0. The van der Waals surface area contributed by atoms with Crippen LogP contribution in [0.2, 0.25) is 0 Å². The van der Waals surface area contributed by atoms with Gasteiger partial charge in [-0.15, -0.1) is 0 Å². The van der Waals surface area contributed by atoms with E-state index in [-0.39, 0.29) is 13.2 Å². The SMILES string of the molecule is CO[C@H]1O[C@@H]2COC(c3ccccc3)O[C@H]2[C@H](O[C@@H]2C[C@@H](OCc3ccccc3)[C@H](OCc3ccccc3)[C@@H](COCc3ccccc3)O2)[C@H]1OCc1ccccc1. The highest BCUT2D eigenvalue weighted by Crippen LogP contribution is 2.39. The van der Waals surface area contributed by atoms with Crippen molar-refractivity contribution in [2.45, 2.75) is 94.4 Å². The van der Waals surface area contributed by atoms with Crippen molar-refractivity contribution < 1.29 is 47.4 Å². The molecule has 0 spiro atoms. The summed E-state index contributed by atoms with van der Waals surface area (Å²) in [4.78, 5) is 0. The Morgan fingerprint density at radius 3 is 1.62 bits per heavy atom. The first-order valence-corrected chi connectivity index (χ1v) is 20.1. The minimum absolute atomic E-state index is 0.244. The van der Waals surface area contributed by atoms with Crippen LogP contribution in [0.15, 0.2) is 152 Å². The molecule has 0 aromatic heterocycles. The van der Waals surface area contributed by atoms with Crippen molar-refractivity contribution in [3.05, 3.63) is 179 Å². The second-order valence-electron chi connectivity index (χ2n) is 14.8. The highest BCUT2D eigenvalue weighted by Gasteiger charge is 2.53. The van der Waals surface area contributed by atoms with Crippen LogP contribution in [0.5, 0.6) is 0 Å². The molecule has 3 fully saturated rings. The standard InChI is InChI=1S/C48H52O10/c1-49-48-46(53-31-37-23-13-5-14-24-37)45(44-41(56-48)33-54-47(58-44)38-25-15-6-16-26-38)57-42-27-39(51-29-35-19-9-3-10-20-35)43(52-30-36-21-11-4-12-22-36)40(55-42)32-50-28-34-17-7-2-8-18-34/h2-26,39-48H,27-33H2,1H3/t39-,40-,41-,42-,43+,44-,45+,46-,47?,48+/m1/s1. The van der Waals surface area contributed by atoms with Crippen molar-refractivity contribution in [1.82, 2.24) is 0 Å². The average Bonchev–Trinajstić information content (AvgIpc) is 3.29. The molecule has 3 saturated heterocycles. The Morgan fingerprint density at radius 1 is 0.534 bits per heavy atom. The average molecular weight is 789 g/mol. The molecule has 10 atom stereocenters. The molecule has 10 heteroatoms. The van der Waals surface area contributed by atoms with E-state index in [0.717, 1.165) is 27.8 Å². The van der Waals surface area contributed by atoms with Gasteiger partial charge in [-0.1, -0.05) is 152 Å². The third-order valence-electron chi connectivity index (χ3n) is 10.7. The molecule has 3 heterocycles. The van der Waals surface area contributed by atoms with Gasteiger partial charge in [0.15, 0.2) is 18.9 Å². The van der Waals surface area contributed by atoms with Crippen LogP contribution in [-0.4, -0.2) is 75.6 Å². The summed E-state index contributed by atoms with van der Waals surface area (Å²) >= 11 is 0. The van der Waals surface area contributed by atoms with E-state index < -0.39 is 61.6 Å². The van der Waals surface area contributed by atoms with Gasteiger partial charge in [-0.3, -0.25) is 0 Å². The van der Waals surface area contributed by atoms with E-state index in [2.05, 4.69) is 24.3 Å². The van der Waals surface area contributed by atoms with Crippen LogP contribution >= 0.6 is 0 Å². The first kappa shape index (κ1) is 40.5. The largest absolute Gasteiger partial charge is 0.374 e. The van der Waals surface area contributed by atoms with Crippen molar-refractivity contribution in [1.29, 1.82) is 0 Å². The Balaban J connectivity index is 1.09. The Kier molecular flexibility index (Phi) is 14.4. The third-order valence-corrected chi connectivity index (χ3v) is 10.7. The Morgan fingerprint density at radius 2 is 1.05 bits per heavy atom. The zero-order valence-corrected chi connectivity index (χ0v) is 32.7. The number of benzene rings is 5. The fraction of sp³-hybridized carbons (Fsp3) is 0.375. The maximum Gasteiger partial charge on any atom is 0.186 e. The molecule has 58 heavy (non-hydrogen) atoms. The second kappa shape index (κ2) is 20.6. The Hall–Kier alpha value is -4.30. The minimum atomic E-state index is -0.767. The first-order valence-electron chi connectivity index (χ1n) is 20.1. The predicted molar refractivity (Wildman–Crippen MR) is 215 cm³/mol. The van der Waals surface area contributed by atoms with E-state index in [1.807, 2.05) is 127 Å². The van der Waals surface area contributed by atoms with Gasteiger partial charge in [0.05, 0.1) is 45.7 Å². The molecule has 8 rings (SSSR count). The van der Waals surface area contributed by atoms with E-state index in [9.17, 15) is 0 Å². The lowest BCUT2D eigenvalue weighted by Gasteiger charge is -2.50. The normalized spacial score (nSPS) is 28.4. The molecule has 3 aliphatic rings. The van der Waals surface area contributed by atoms with Crippen molar-refractivity contribution in [2.75, 3.05) is 20.3 Å². The summed E-state index contributed by atoms with van der Waals surface area (Å²) in [6.45, 7) is 2.00. The van der Waals surface area contributed by atoms with Crippen LogP contribution in [0.25, 0.3) is 0 Å². The lowest BCUT2D eigenvalue weighted by molar-refractivity contribution is -0.388. The third kappa shape index (κ3) is 10.7. The summed E-state index contributed by atoms with van der Waals surface area (Å²) in [6, 6.07) is 50.2. The lowest BCUT2D eigenvalue weighted by Crippen LogP contribution is -2.65. The van der Waals surface area contributed by atoms with E-state index in [1.165, 1.54) is 0 Å². The Labute approximate surface area is 340 Å². The second-order valence-corrected chi connectivity index (χ2v) is 14.8. The lowest BCUT2D eigenvalue weighted by atomic mass is 9.96. The van der Waals surface area contributed by atoms with Gasteiger partial charge in [-0.2, -0.15) is 0 Å². The maximum atomic E-state index is 7.13. The smallest absolute Gasteiger partial charge is 0.186 e. The van der Waals surface area contributed by atoms with Gasteiger partial charge >= 0.3 is 0 Å². The van der Waals surface area contributed by atoms with Crippen LogP contribution in [-0.2, 0) is 73.8 Å². The zero-order chi connectivity index (χ0) is 39.4. The van der Waals surface area contributed by atoms with Gasteiger partial charge < -0.3 is 47.4 Å². The van der Waals surface area contributed by atoms with Crippen LogP contribution in [0, 0.1) is 0 Å². The van der Waals surface area contributed by atoms with Gasteiger partial charge in [-0.05, 0) is 22.3 Å². The molecule has 0 bridgehead atoms. The number of rotatable bonds is 17. The number of ether oxygens (including phenoxy) is 10. The topological polar surface area (TPSA) is 92.3 Å². The van der Waals surface area contributed by atoms with Gasteiger partial charge in [0.25, 0.3) is 0 Å². The number of hydrogen-bond acceptors (Lipinski definition) is 10. The molecule has 5 aromatic rings. The Bertz CT molecular complexity index is 1900. The molecule has 0 saturated carbocycles.